The summed E-state index contributed by atoms with van der Waals surface area (Å²) in [4.78, 5) is 10.6. The summed E-state index contributed by atoms with van der Waals surface area (Å²) in [5, 5.41) is 10.3. The van der Waals surface area contributed by atoms with Gasteiger partial charge in [0.15, 0.2) is 0 Å². The fourth-order valence-corrected chi connectivity index (χ4v) is 1.60. The Hall–Kier alpha value is -1.89. The zero-order valence-electron chi connectivity index (χ0n) is 9.39. The molecule has 1 amide bonds. The lowest BCUT2D eigenvalue weighted by atomic mass is 10.2. The number of rotatable bonds is 5. The van der Waals surface area contributed by atoms with Crippen molar-refractivity contribution in [2.45, 2.75) is 6.42 Å². The van der Waals surface area contributed by atoms with E-state index in [4.69, 9.17) is 10.2 Å². The molecule has 7 heteroatoms. The van der Waals surface area contributed by atoms with Crippen LogP contribution in [-0.4, -0.2) is 22.6 Å². The highest BCUT2D eigenvalue weighted by molar-refractivity contribution is 9.10. The van der Waals surface area contributed by atoms with E-state index in [-0.39, 0.29) is 12.6 Å². The Labute approximate surface area is 112 Å². The Morgan fingerprint density at radius 2 is 2.06 bits per heavy atom. The number of halogens is 1. The van der Waals surface area contributed by atoms with Crippen molar-refractivity contribution in [1.29, 1.82) is 0 Å². The van der Waals surface area contributed by atoms with E-state index in [0.29, 0.717) is 12.3 Å². The number of carbonyl (C=O) groups excluding carboxylic acids is 1. The minimum absolute atomic E-state index is 0.0279. The number of hydrogen-bond acceptors (Lipinski definition) is 5. The molecule has 0 radical (unpaired) electrons. The van der Waals surface area contributed by atoms with E-state index < -0.39 is 5.91 Å². The van der Waals surface area contributed by atoms with Gasteiger partial charge in [0.1, 0.15) is 0 Å². The number of nitrogens with zero attached hydrogens (tertiary/aromatic N) is 2. The van der Waals surface area contributed by atoms with Crippen LogP contribution in [0.15, 0.2) is 33.2 Å². The molecule has 0 aliphatic heterocycles. The summed E-state index contributed by atoms with van der Waals surface area (Å²) in [7, 11) is 0. The Morgan fingerprint density at radius 3 is 2.72 bits per heavy atom. The van der Waals surface area contributed by atoms with Crippen LogP contribution in [0.5, 0.6) is 0 Å². The molecule has 0 aliphatic rings. The number of amides is 1. The summed E-state index contributed by atoms with van der Waals surface area (Å²) >= 11 is 3.36. The van der Waals surface area contributed by atoms with E-state index in [1.807, 2.05) is 24.3 Å². The van der Waals surface area contributed by atoms with Crippen LogP contribution in [0.1, 0.15) is 11.5 Å². The molecule has 0 saturated heterocycles. The first kappa shape index (κ1) is 12.6. The summed E-state index contributed by atoms with van der Waals surface area (Å²) in [6, 6.07) is 8.01. The third-order valence-electron chi connectivity index (χ3n) is 2.15. The highest BCUT2D eigenvalue weighted by Crippen LogP contribution is 2.14. The third kappa shape index (κ3) is 3.56. The predicted molar refractivity (Wildman–Crippen MR) is 68.9 cm³/mol. The average Bonchev–Trinajstić information content (AvgIpc) is 2.77. The maximum absolute atomic E-state index is 10.6. The summed E-state index contributed by atoms with van der Waals surface area (Å²) < 4.78 is 6.33. The van der Waals surface area contributed by atoms with Gasteiger partial charge in [0.2, 0.25) is 11.8 Å². The van der Waals surface area contributed by atoms with Gasteiger partial charge in [-0.3, -0.25) is 4.79 Å². The molecule has 1 aromatic heterocycles. The number of aromatic nitrogens is 2. The number of anilines is 1. The van der Waals surface area contributed by atoms with Crippen LogP contribution >= 0.6 is 15.9 Å². The molecular weight excluding hydrogens is 300 g/mol. The standard InChI is InChI=1S/C11H11BrN4O2/c12-8-3-1-7(2-4-8)5-10-15-16-11(18-10)14-6-9(13)17/h1-4H,5-6H2,(H2,13,17)(H,14,16). The third-order valence-corrected chi connectivity index (χ3v) is 2.68. The van der Waals surface area contributed by atoms with Crippen LogP contribution in [0.3, 0.4) is 0 Å². The van der Waals surface area contributed by atoms with Crippen molar-refractivity contribution in [2.75, 3.05) is 11.9 Å². The molecule has 0 unspecified atom stereocenters. The molecule has 3 N–H and O–H groups in total. The van der Waals surface area contributed by atoms with Gasteiger partial charge in [-0.25, -0.2) is 0 Å². The Morgan fingerprint density at radius 1 is 1.33 bits per heavy atom. The first-order valence-electron chi connectivity index (χ1n) is 5.22. The van der Waals surface area contributed by atoms with E-state index in [1.165, 1.54) is 0 Å². The lowest BCUT2D eigenvalue weighted by Gasteiger charge is -1.97. The quantitative estimate of drug-likeness (QED) is 0.868. The second kappa shape index (κ2) is 5.63. The molecule has 0 bridgehead atoms. The van der Waals surface area contributed by atoms with Crippen molar-refractivity contribution in [3.63, 3.8) is 0 Å². The summed E-state index contributed by atoms with van der Waals surface area (Å²) in [5.41, 5.74) is 6.05. The van der Waals surface area contributed by atoms with Gasteiger partial charge in [-0.1, -0.05) is 33.2 Å². The van der Waals surface area contributed by atoms with Gasteiger partial charge in [-0.15, -0.1) is 5.10 Å². The number of carbonyl (C=O) groups is 1. The van der Waals surface area contributed by atoms with Crippen molar-refractivity contribution in [2.24, 2.45) is 5.73 Å². The van der Waals surface area contributed by atoms with E-state index in [1.54, 1.807) is 0 Å². The van der Waals surface area contributed by atoms with Gasteiger partial charge >= 0.3 is 6.01 Å². The Bertz CT molecular complexity index is 538. The van der Waals surface area contributed by atoms with Crippen LogP contribution in [0.25, 0.3) is 0 Å². The lowest BCUT2D eigenvalue weighted by Crippen LogP contribution is -2.21. The van der Waals surface area contributed by atoms with E-state index in [9.17, 15) is 4.79 Å². The molecule has 0 saturated carbocycles. The molecular formula is C11H11BrN4O2. The largest absolute Gasteiger partial charge is 0.408 e. The number of hydrogen-bond donors (Lipinski definition) is 2. The van der Waals surface area contributed by atoms with Gasteiger partial charge in [0.05, 0.1) is 13.0 Å². The van der Waals surface area contributed by atoms with E-state index in [2.05, 4.69) is 31.4 Å². The minimum Gasteiger partial charge on any atom is -0.408 e. The van der Waals surface area contributed by atoms with Gasteiger partial charge in [-0.05, 0) is 17.7 Å². The molecule has 0 aliphatic carbocycles. The highest BCUT2D eigenvalue weighted by atomic mass is 79.9. The molecule has 0 atom stereocenters. The molecule has 0 fully saturated rings. The maximum atomic E-state index is 10.6. The van der Waals surface area contributed by atoms with E-state index >= 15 is 0 Å². The maximum Gasteiger partial charge on any atom is 0.315 e. The predicted octanol–water partition coefficient (Wildman–Crippen LogP) is 1.32. The van der Waals surface area contributed by atoms with E-state index in [0.717, 1.165) is 10.0 Å². The van der Waals surface area contributed by atoms with Crippen molar-refractivity contribution < 1.29 is 9.21 Å². The molecule has 6 nitrogen and oxygen atoms in total. The van der Waals surface area contributed by atoms with Crippen LogP contribution < -0.4 is 11.1 Å². The van der Waals surface area contributed by atoms with Crippen molar-refractivity contribution in [3.8, 4) is 0 Å². The average molecular weight is 311 g/mol. The number of nitrogens with one attached hydrogen (secondary N) is 1. The van der Waals surface area contributed by atoms with Gasteiger partial charge in [0.25, 0.3) is 0 Å². The van der Waals surface area contributed by atoms with Crippen molar-refractivity contribution in [3.05, 3.63) is 40.2 Å². The monoisotopic (exact) mass is 310 g/mol. The molecule has 94 valence electrons. The number of nitrogens with two attached hydrogens (primary N) is 1. The number of benzene rings is 1. The second-order valence-electron chi connectivity index (χ2n) is 3.62. The van der Waals surface area contributed by atoms with Crippen LogP contribution in [0.4, 0.5) is 6.01 Å². The molecule has 2 aromatic rings. The minimum atomic E-state index is -0.484. The van der Waals surface area contributed by atoms with Crippen LogP contribution in [0.2, 0.25) is 0 Å². The fraction of sp³-hybridized carbons (Fsp3) is 0.182. The summed E-state index contributed by atoms with van der Waals surface area (Å²) in [6.45, 7) is -0.0279. The fourth-order valence-electron chi connectivity index (χ4n) is 1.34. The van der Waals surface area contributed by atoms with Crippen LogP contribution in [0, 0.1) is 0 Å². The van der Waals surface area contributed by atoms with Crippen molar-refractivity contribution in [1.82, 2.24) is 10.2 Å². The van der Waals surface area contributed by atoms with Crippen LogP contribution in [-0.2, 0) is 11.2 Å². The Kier molecular flexibility index (Phi) is 3.93. The van der Waals surface area contributed by atoms with Gasteiger partial charge < -0.3 is 15.5 Å². The SMILES string of the molecule is NC(=O)CNc1nnc(Cc2ccc(Br)cc2)o1. The topological polar surface area (TPSA) is 94.0 Å². The second-order valence-corrected chi connectivity index (χ2v) is 4.54. The summed E-state index contributed by atoms with van der Waals surface area (Å²) in [6.07, 6.45) is 0.540. The van der Waals surface area contributed by atoms with Gasteiger partial charge in [-0.2, -0.15) is 0 Å². The normalized spacial score (nSPS) is 10.3. The van der Waals surface area contributed by atoms with Crippen molar-refractivity contribution >= 4 is 27.9 Å². The smallest absolute Gasteiger partial charge is 0.315 e. The molecule has 1 heterocycles. The molecule has 2 rings (SSSR count). The highest BCUT2D eigenvalue weighted by Gasteiger charge is 2.07. The number of primary amides is 1. The van der Waals surface area contributed by atoms with Gasteiger partial charge in [0, 0.05) is 4.47 Å². The Balaban J connectivity index is 1.97. The first-order chi connectivity index (χ1) is 8.63. The lowest BCUT2D eigenvalue weighted by molar-refractivity contribution is -0.116. The zero-order chi connectivity index (χ0) is 13.0. The summed E-state index contributed by atoms with van der Waals surface area (Å²) in [5.74, 6) is -0.00745. The molecule has 1 aromatic carbocycles. The zero-order valence-corrected chi connectivity index (χ0v) is 11.0. The molecule has 18 heavy (non-hydrogen) atoms. The molecule has 0 spiro atoms. The first-order valence-corrected chi connectivity index (χ1v) is 6.02.